The molecule has 28 heavy (non-hydrogen) atoms. The number of fused-ring (bicyclic) bond motifs is 3. The quantitative estimate of drug-likeness (QED) is 0.609. The fraction of sp³-hybridized carbons (Fsp3) is 0.318. The predicted octanol–water partition coefficient (Wildman–Crippen LogP) is 2.66. The van der Waals surface area contributed by atoms with Gasteiger partial charge in [-0.15, -0.1) is 0 Å². The number of amides is 2. The molecular formula is C22H19FN2O3. The Labute approximate surface area is 161 Å². The standard InChI is InChI=1S/C22H19FN2O3/c23-14-8-10-15(11-9-14)25-21(27)17-16-7-4-12-24(16)19(18(17)22(25)28)20(26)13-5-2-1-3-6-13/h1-3,5-6,8-11,16-19H,4,7,12H2/t16?,17-,18-,19+/m0/s1. The van der Waals surface area contributed by atoms with E-state index in [0.29, 0.717) is 11.3 Å². The zero-order valence-corrected chi connectivity index (χ0v) is 15.1. The van der Waals surface area contributed by atoms with Crippen LogP contribution < -0.4 is 4.90 Å². The second-order valence-electron chi connectivity index (χ2n) is 7.66. The first-order valence-electron chi connectivity index (χ1n) is 9.56. The van der Waals surface area contributed by atoms with Gasteiger partial charge in [0.05, 0.1) is 23.6 Å². The van der Waals surface area contributed by atoms with Crippen LogP contribution in [-0.4, -0.2) is 41.1 Å². The SMILES string of the molecule is O=C(c1ccccc1)[C@H]1[C@H]2C(=O)N(c3ccc(F)cc3)C(=O)[C@H]2C2CCCN21. The number of rotatable bonds is 3. The van der Waals surface area contributed by atoms with E-state index in [-0.39, 0.29) is 23.6 Å². The van der Waals surface area contributed by atoms with Crippen molar-refractivity contribution in [2.45, 2.75) is 24.9 Å². The van der Waals surface area contributed by atoms with E-state index in [1.54, 1.807) is 24.3 Å². The second-order valence-corrected chi connectivity index (χ2v) is 7.66. The molecule has 0 radical (unpaired) electrons. The van der Waals surface area contributed by atoms with Crippen molar-refractivity contribution in [2.24, 2.45) is 11.8 Å². The van der Waals surface area contributed by atoms with Gasteiger partial charge in [-0.05, 0) is 43.7 Å². The number of benzene rings is 2. The van der Waals surface area contributed by atoms with Gasteiger partial charge in [0.25, 0.3) is 0 Å². The van der Waals surface area contributed by atoms with Crippen molar-refractivity contribution < 1.29 is 18.8 Å². The molecule has 0 aromatic heterocycles. The van der Waals surface area contributed by atoms with Crippen LogP contribution in [0.5, 0.6) is 0 Å². The Hall–Kier alpha value is -2.86. The molecule has 1 unspecified atom stereocenters. The zero-order chi connectivity index (χ0) is 19.4. The summed E-state index contributed by atoms with van der Waals surface area (Å²) in [6.45, 7) is 0.720. The summed E-state index contributed by atoms with van der Waals surface area (Å²) in [7, 11) is 0. The van der Waals surface area contributed by atoms with Crippen LogP contribution in [0.15, 0.2) is 54.6 Å². The number of ketones is 1. The van der Waals surface area contributed by atoms with E-state index >= 15 is 0 Å². The number of Topliss-reactive ketones (excluding diaryl/α,β-unsaturated/α-hetero) is 1. The lowest BCUT2D eigenvalue weighted by molar-refractivity contribution is -0.123. The number of anilines is 1. The van der Waals surface area contributed by atoms with E-state index in [0.717, 1.165) is 24.3 Å². The molecule has 4 atom stereocenters. The number of halogens is 1. The Morgan fingerprint density at radius 3 is 2.32 bits per heavy atom. The van der Waals surface area contributed by atoms with Crippen molar-refractivity contribution in [3.63, 3.8) is 0 Å². The molecule has 5 nitrogen and oxygen atoms in total. The second kappa shape index (κ2) is 6.34. The smallest absolute Gasteiger partial charge is 0.239 e. The van der Waals surface area contributed by atoms with Crippen molar-refractivity contribution in [1.82, 2.24) is 4.90 Å². The maximum absolute atomic E-state index is 13.3. The van der Waals surface area contributed by atoms with Gasteiger partial charge in [0.1, 0.15) is 5.82 Å². The van der Waals surface area contributed by atoms with Gasteiger partial charge in [0.2, 0.25) is 11.8 Å². The summed E-state index contributed by atoms with van der Waals surface area (Å²) in [6.07, 6.45) is 1.71. The molecule has 3 fully saturated rings. The highest BCUT2D eigenvalue weighted by molar-refractivity contribution is 6.24. The molecule has 142 valence electrons. The van der Waals surface area contributed by atoms with Crippen molar-refractivity contribution >= 4 is 23.3 Å². The normalized spacial score (nSPS) is 29.2. The summed E-state index contributed by atoms with van der Waals surface area (Å²) in [5, 5.41) is 0. The maximum atomic E-state index is 13.3. The van der Waals surface area contributed by atoms with E-state index in [2.05, 4.69) is 4.90 Å². The third kappa shape index (κ3) is 2.37. The summed E-state index contributed by atoms with van der Waals surface area (Å²) < 4.78 is 13.3. The van der Waals surface area contributed by atoms with Crippen LogP contribution in [0.1, 0.15) is 23.2 Å². The summed E-state index contributed by atoms with van der Waals surface area (Å²) >= 11 is 0. The molecule has 3 aliphatic rings. The van der Waals surface area contributed by atoms with Gasteiger partial charge in [-0.1, -0.05) is 30.3 Å². The molecule has 3 heterocycles. The molecule has 3 saturated heterocycles. The fourth-order valence-electron chi connectivity index (χ4n) is 5.13. The molecule has 2 aromatic carbocycles. The minimum atomic E-state index is -0.685. The van der Waals surface area contributed by atoms with Crippen LogP contribution in [0.3, 0.4) is 0 Å². The van der Waals surface area contributed by atoms with Crippen molar-refractivity contribution in [3.05, 3.63) is 66.0 Å². The highest BCUT2D eigenvalue weighted by atomic mass is 19.1. The van der Waals surface area contributed by atoms with Crippen LogP contribution in [0, 0.1) is 17.7 Å². The molecule has 2 amide bonds. The number of hydrogen-bond acceptors (Lipinski definition) is 4. The minimum Gasteiger partial charge on any atom is -0.292 e. The number of nitrogens with zero attached hydrogens (tertiary/aromatic N) is 2. The van der Waals surface area contributed by atoms with Crippen molar-refractivity contribution in [3.8, 4) is 0 Å². The van der Waals surface area contributed by atoms with E-state index in [4.69, 9.17) is 0 Å². The van der Waals surface area contributed by atoms with Crippen LogP contribution >= 0.6 is 0 Å². The molecule has 0 N–H and O–H groups in total. The molecule has 6 heteroatoms. The van der Waals surface area contributed by atoms with E-state index in [9.17, 15) is 18.8 Å². The average molecular weight is 378 g/mol. The number of hydrogen-bond donors (Lipinski definition) is 0. The van der Waals surface area contributed by atoms with Gasteiger partial charge in [-0.2, -0.15) is 0 Å². The van der Waals surface area contributed by atoms with Crippen molar-refractivity contribution in [2.75, 3.05) is 11.4 Å². The largest absolute Gasteiger partial charge is 0.292 e. The van der Waals surface area contributed by atoms with Crippen LogP contribution in [0.25, 0.3) is 0 Å². The molecule has 0 aliphatic carbocycles. The lowest BCUT2D eigenvalue weighted by Gasteiger charge is -2.27. The topological polar surface area (TPSA) is 57.7 Å². The molecule has 0 saturated carbocycles. The Kier molecular flexibility index (Phi) is 3.91. The fourth-order valence-corrected chi connectivity index (χ4v) is 5.13. The van der Waals surface area contributed by atoms with Crippen LogP contribution in [-0.2, 0) is 9.59 Å². The first-order valence-corrected chi connectivity index (χ1v) is 9.56. The molecule has 0 bridgehead atoms. The zero-order valence-electron chi connectivity index (χ0n) is 15.1. The minimum absolute atomic E-state index is 0.0930. The van der Waals surface area contributed by atoms with E-state index in [1.807, 2.05) is 6.07 Å². The summed E-state index contributed by atoms with van der Waals surface area (Å²) in [5.41, 5.74) is 0.917. The Morgan fingerprint density at radius 2 is 1.61 bits per heavy atom. The van der Waals surface area contributed by atoms with Gasteiger partial charge in [0, 0.05) is 11.6 Å². The van der Waals surface area contributed by atoms with Gasteiger partial charge in [0.15, 0.2) is 5.78 Å². The van der Waals surface area contributed by atoms with E-state index in [1.165, 1.54) is 24.3 Å². The monoisotopic (exact) mass is 378 g/mol. The van der Waals surface area contributed by atoms with Crippen LogP contribution in [0.2, 0.25) is 0 Å². The van der Waals surface area contributed by atoms with Gasteiger partial charge in [-0.25, -0.2) is 9.29 Å². The van der Waals surface area contributed by atoms with Crippen LogP contribution in [0.4, 0.5) is 10.1 Å². The van der Waals surface area contributed by atoms with Gasteiger partial charge in [-0.3, -0.25) is 19.3 Å². The maximum Gasteiger partial charge on any atom is 0.239 e. The van der Waals surface area contributed by atoms with E-state index < -0.39 is 23.7 Å². The third-order valence-electron chi connectivity index (χ3n) is 6.26. The van der Waals surface area contributed by atoms with Gasteiger partial charge >= 0.3 is 0 Å². The highest BCUT2D eigenvalue weighted by Crippen LogP contribution is 2.48. The Bertz CT molecular complexity index is 960. The number of imide groups is 1. The summed E-state index contributed by atoms with van der Waals surface area (Å²) in [4.78, 5) is 43.0. The summed E-state index contributed by atoms with van der Waals surface area (Å²) in [6, 6.07) is 13.6. The molecule has 3 aliphatic heterocycles. The Balaban J connectivity index is 1.55. The lowest BCUT2D eigenvalue weighted by Crippen LogP contribution is -2.46. The predicted molar refractivity (Wildman–Crippen MR) is 100 cm³/mol. The highest BCUT2D eigenvalue weighted by Gasteiger charge is 2.64. The number of carbonyl (C=O) groups is 3. The summed E-state index contributed by atoms with van der Waals surface area (Å²) in [5.74, 6) is -2.37. The molecule has 5 rings (SSSR count). The average Bonchev–Trinajstić information content (AvgIpc) is 3.35. The first kappa shape index (κ1) is 17.3. The Morgan fingerprint density at radius 1 is 0.929 bits per heavy atom. The van der Waals surface area contributed by atoms with Gasteiger partial charge < -0.3 is 0 Å². The first-order chi connectivity index (χ1) is 13.6. The number of carbonyl (C=O) groups excluding carboxylic acids is 3. The lowest BCUT2D eigenvalue weighted by atomic mass is 9.85. The molecule has 0 spiro atoms. The molecule has 2 aromatic rings. The van der Waals surface area contributed by atoms with Crippen molar-refractivity contribution in [1.29, 1.82) is 0 Å². The third-order valence-corrected chi connectivity index (χ3v) is 6.26. The molecular weight excluding hydrogens is 359 g/mol.